The lowest BCUT2D eigenvalue weighted by molar-refractivity contribution is -0.274. The topological polar surface area (TPSA) is 58.6 Å². The number of hydrogen-bond donors (Lipinski definition) is 1. The maximum absolute atomic E-state index is 13.3. The van der Waals surface area contributed by atoms with E-state index in [1.807, 2.05) is 0 Å². The molecule has 1 aliphatic rings. The van der Waals surface area contributed by atoms with Gasteiger partial charge in [-0.2, -0.15) is 0 Å². The van der Waals surface area contributed by atoms with E-state index in [1.54, 1.807) is 6.92 Å². The SMILES string of the molecule is CCCN1C(=O)C(Nc2cccc(OC(F)(F)F)c2)=C(c2ccc(F)cc2)C1=O. The molecule has 29 heavy (non-hydrogen) atoms. The summed E-state index contributed by atoms with van der Waals surface area (Å²) in [6.45, 7) is 1.96. The van der Waals surface area contributed by atoms with Gasteiger partial charge in [0.15, 0.2) is 0 Å². The second-order valence-corrected chi connectivity index (χ2v) is 6.22. The fraction of sp³-hybridized carbons (Fsp3) is 0.200. The third-order valence-electron chi connectivity index (χ3n) is 4.09. The van der Waals surface area contributed by atoms with Crippen molar-refractivity contribution in [2.45, 2.75) is 19.7 Å². The molecule has 2 amide bonds. The van der Waals surface area contributed by atoms with E-state index >= 15 is 0 Å². The number of halogens is 4. The Hall–Kier alpha value is -3.36. The maximum atomic E-state index is 13.3. The van der Waals surface area contributed by atoms with Crippen LogP contribution in [0.5, 0.6) is 5.75 Å². The highest BCUT2D eigenvalue weighted by Crippen LogP contribution is 2.32. The van der Waals surface area contributed by atoms with E-state index in [2.05, 4.69) is 10.1 Å². The van der Waals surface area contributed by atoms with Crippen LogP contribution in [0.4, 0.5) is 23.2 Å². The number of imide groups is 1. The van der Waals surface area contributed by atoms with Gasteiger partial charge in [-0.15, -0.1) is 13.2 Å². The van der Waals surface area contributed by atoms with Gasteiger partial charge in [0, 0.05) is 18.3 Å². The minimum Gasteiger partial charge on any atom is -0.406 e. The number of nitrogens with one attached hydrogen (secondary N) is 1. The van der Waals surface area contributed by atoms with Crippen molar-refractivity contribution in [3.8, 4) is 5.75 Å². The van der Waals surface area contributed by atoms with Gasteiger partial charge in [0.2, 0.25) is 0 Å². The van der Waals surface area contributed by atoms with E-state index < -0.39 is 29.7 Å². The van der Waals surface area contributed by atoms with Gasteiger partial charge in [-0.05, 0) is 36.2 Å². The van der Waals surface area contributed by atoms with E-state index in [4.69, 9.17) is 0 Å². The molecule has 0 saturated heterocycles. The Bertz CT molecular complexity index is 968. The average molecular weight is 408 g/mol. The Morgan fingerprint density at radius 2 is 1.72 bits per heavy atom. The van der Waals surface area contributed by atoms with E-state index in [-0.39, 0.29) is 23.5 Å². The van der Waals surface area contributed by atoms with Gasteiger partial charge in [-0.25, -0.2) is 4.39 Å². The molecule has 2 aromatic rings. The van der Waals surface area contributed by atoms with Crippen LogP contribution in [0.3, 0.4) is 0 Å². The third-order valence-corrected chi connectivity index (χ3v) is 4.09. The van der Waals surface area contributed by atoms with Crippen LogP contribution in [0.2, 0.25) is 0 Å². The third kappa shape index (κ3) is 4.56. The first-order valence-corrected chi connectivity index (χ1v) is 8.69. The van der Waals surface area contributed by atoms with Crippen molar-refractivity contribution < 1.29 is 31.9 Å². The summed E-state index contributed by atoms with van der Waals surface area (Å²) < 4.78 is 54.5. The van der Waals surface area contributed by atoms with E-state index in [9.17, 15) is 27.2 Å². The molecule has 1 N–H and O–H groups in total. The Kier molecular flexibility index (Phi) is 5.58. The number of alkyl halides is 3. The molecule has 0 bridgehead atoms. The first kappa shape index (κ1) is 20.4. The Balaban J connectivity index is 2.00. The smallest absolute Gasteiger partial charge is 0.406 e. The van der Waals surface area contributed by atoms with Gasteiger partial charge in [0.05, 0.1) is 5.57 Å². The molecule has 5 nitrogen and oxygen atoms in total. The molecule has 0 unspecified atom stereocenters. The van der Waals surface area contributed by atoms with Gasteiger partial charge in [-0.3, -0.25) is 14.5 Å². The van der Waals surface area contributed by atoms with E-state index in [0.717, 1.165) is 29.2 Å². The van der Waals surface area contributed by atoms with Crippen LogP contribution < -0.4 is 10.1 Å². The second kappa shape index (κ2) is 7.94. The van der Waals surface area contributed by atoms with Crippen LogP contribution in [0, 0.1) is 5.82 Å². The lowest BCUT2D eigenvalue weighted by Gasteiger charge is -2.14. The highest BCUT2D eigenvalue weighted by molar-refractivity contribution is 6.36. The molecule has 1 heterocycles. The number of anilines is 1. The quantitative estimate of drug-likeness (QED) is 0.571. The molecule has 0 spiro atoms. The summed E-state index contributed by atoms with van der Waals surface area (Å²) in [6, 6.07) is 9.93. The minimum absolute atomic E-state index is 0.0191. The van der Waals surface area contributed by atoms with Crippen molar-refractivity contribution in [1.29, 1.82) is 0 Å². The summed E-state index contributed by atoms with van der Waals surface area (Å²) in [6.07, 6.45) is -4.34. The van der Waals surface area contributed by atoms with Crippen molar-refractivity contribution in [3.05, 3.63) is 65.6 Å². The summed E-state index contributed by atoms with van der Waals surface area (Å²) >= 11 is 0. The van der Waals surface area contributed by atoms with Crippen molar-refractivity contribution >= 4 is 23.1 Å². The normalized spacial score (nSPS) is 14.6. The number of rotatable bonds is 6. The molecular formula is C20H16F4N2O3. The highest BCUT2D eigenvalue weighted by Gasteiger charge is 2.38. The van der Waals surface area contributed by atoms with Crippen molar-refractivity contribution in [1.82, 2.24) is 4.90 Å². The number of hydrogen-bond acceptors (Lipinski definition) is 4. The number of ether oxygens (including phenoxy) is 1. The molecular weight excluding hydrogens is 392 g/mol. The summed E-state index contributed by atoms with van der Waals surface area (Å²) in [5.74, 6) is -2.16. The average Bonchev–Trinajstić information content (AvgIpc) is 2.86. The Morgan fingerprint density at radius 1 is 1.03 bits per heavy atom. The molecule has 2 aromatic carbocycles. The van der Waals surface area contributed by atoms with Crippen LogP contribution in [0.15, 0.2) is 54.2 Å². The van der Waals surface area contributed by atoms with E-state index in [1.165, 1.54) is 24.3 Å². The Labute approximate surface area is 163 Å². The molecule has 0 aromatic heterocycles. The van der Waals surface area contributed by atoms with Gasteiger partial charge in [0.25, 0.3) is 11.8 Å². The van der Waals surface area contributed by atoms with Crippen LogP contribution in [0.1, 0.15) is 18.9 Å². The minimum atomic E-state index is -4.87. The molecule has 3 rings (SSSR count). The number of benzene rings is 2. The molecule has 0 aliphatic carbocycles. The largest absolute Gasteiger partial charge is 0.573 e. The molecule has 152 valence electrons. The number of nitrogens with zero attached hydrogens (tertiary/aromatic N) is 1. The van der Waals surface area contributed by atoms with Gasteiger partial charge >= 0.3 is 6.36 Å². The Morgan fingerprint density at radius 3 is 2.34 bits per heavy atom. The fourth-order valence-electron chi connectivity index (χ4n) is 2.92. The molecule has 0 radical (unpaired) electrons. The van der Waals surface area contributed by atoms with Crippen molar-refractivity contribution in [2.24, 2.45) is 0 Å². The number of carbonyl (C=O) groups excluding carboxylic acids is 2. The molecule has 1 aliphatic heterocycles. The molecule has 9 heteroatoms. The predicted molar refractivity (Wildman–Crippen MR) is 97.1 cm³/mol. The number of amides is 2. The van der Waals surface area contributed by atoms with Crippen LogP contribution in [-0.4, -0.2) is 29.6 Å². The van der Waals surface area contributed by atoms with Crippen LogP contribution in [0.25, 0.3) is 5.57 Å². The number of carbonyl (C=O) groups is 2. The monoisotopic (exact) mass is 408 g/mol. The van der Waals surface area contributed by atoms with Crippen molar-refractivity contribution in [3.63, 3.8) is 0 Å². The highest BCUT2D eigenvalue weighted by atomic mass is 19.4. The molecule has 0 atom stereocenters. The zero-order valence-corrected chi connectivity index (χ0v) is 15.2. The standard InChI is InChI=1S/C20H16F4N2O3/c1-2-10-26-18(27)16(12-6-8-13(21)9-7-12)17(19(26)28)25-14-4-3-5-15(11-14)29-20(22,23)24/h3-9,11,25H,2,10H2,1H3. The van der Waals surface area contributed by atoms with Gasteiger partial charge in [-0.1, -0.05) is 25.1 Å². The summed E-state index contributed by atoms with van der Waals surface area (Å²) in [5.41, 5.74) is 0.360. The zero-order valence-electron chi connectivity index (χ0n) is 15.2. The molecule has 0 fully saturated rings. The van der Waals surface area contributed by atoms with Gasteiger partial charge < -0.3 is 10.1 Å². The lowest BCUT2D eigenvalue weighted by Crippen LogP contribution is -2.33. The summed E-state index contributed by atoms with van der Waals surface area (Å²) in [7, 11) is 0. The predicted octanol–water partition coefficient (Wildman–Crippen LogP) is 4.33. The van der Waals surface area contributed by atoms with Gasteiger partial charge in [0.1, 0.15) is 17.3 Å². The first-order valence-electron chi connectivity index (χ1n) is 8.69. The zero-order chi connectivity index (χ0) is 21.2. The lowest BCUT2D eigenvalue weighted by atomic mass is 10.0. The van der Waals surface area contributed by atoms with Crippen molar-refractivity contribution in [2.75, 3.05) is 11.9 Å². The summed E-state index contributed by atoms with van der Waals surface area (Å²) in [5, 5.41) is 2.73. The molecule has 0 saturated carbocycles. The van der Waals surface area contributed by atoms with Crippen LogP contribution in [-0.2, 0) is 9.59 Å². The maximum Gasteiger partial charge on any atom is 0.573 e. The van der Waals surface area contributed by atoms with E-state index in [0.29, 0.717) is 12.0 Å². The fourth-order valence-corrected chi connectivity index (χ4v) is 2.92. The summed E-state index contributed by atoms with van der Waals surface area (Å²) in [4.78, 5) is 26.6. The second-order valence-electron chi connectivity index (χ2n) is 6.22. The van der Waals surface area contributed by atoms with Crippen LogP contribution >= 0.6 is 0 Å². The first-order chi connectivity index (χ1) is 13.7.